The predicted octanol–water partition coefficient (Wildman–Crippen LogP) is 3.24. The van der Waals surface area contributed by atoms with Crippen molar-refractivity contribution in [2.45, 2.75) is 13.1 Å². The van der Waals surface area contributed by atoms with Crippen molar-refractivity contribution in [2.75, 3.05) is 0 Å². The second kappa shape index (κ2) is 3.17. The Balaban J connectivity index is 2.87. The van der Waals surface area contributed by atoms with Gasteiger partial charge in [0.05, 0.1) is 5.92 Å². The van der Waals surface area contributed by atoms with E-state index >= 15 is 0 Å². The SMILES string of the molecule is CC1=CC(C(F)(F)F)C=CC=C1. The van der Waals surface area contributed by atoms with Crippen LogP contribution in [0.15, 0.2) is 36.0 Å². The monoisotopic (exact) mass is 174 g/mol. The van der Waals surface area contributed by atoms with Crippen LogP contribution < -0.4 is 0 Å². The molecule has 0 aromatic heterocycles. The topological polar surface area (TPSA) is 0 Å². The first kappa shape index (κ1) is 9.10. The fourth-order valence-corrected chi connectivity index (χ4v) is 0.989. The Morgan fingerprint density at radius 3 is 2.50 bits per heavy atom. The van der Waals surface area contributed by atoms with E-state index in [4.69, 9.17) is 0 Å². The van der Waals surface area contributed by atoms with E-state index in [0.717, 1.165) is 6.08 Å². The van der Waals surface area contributed by atoms with Crippen LogP contribution in [-0.4, -0.2) is 6.18 Å². The van der Waals surface area contributed by atoms with Crippen LogP contribution in [0, 0.1) is 5.92 Å². The third kappa shape index (κ3) is 2.26. The molecule has 1 aliphatic rings. The maximum absolute atomic E-state index is 12.2. The van der Waals surface area contributed by atoms with Crippen molar-refractivity contribution >= 4 is 0 Å². The third-order valence-corrected chi connectivity index (χ3v) is 1.61. The molecule has 0 aromatic rings. The average molecular weight is 174 g/mol. The lowest BCUT2D eigenvalue weighted by Gasteiger charge is -2.12. The standard InChI is InChI=1S/C9H9F3/c1-7-4-2-3-5-8(6-7)9(10,11)12/h2-6,8H,1H3. The highest BCUT2D eigenvalue weighted by Gasteiger charge is 2.36. The minimum absolute atomic E-state index is 0.641. The summed E-state index contributed by atoms with van der Waals surface area (Å²) in [7, 11) is 0. The summed E-state index contributed by atoms with van der Waals surface area (Å²) >= 11 is 0. The van der Waals surface area contributed by atoms with Gasteiger partial charge in [0.1, 0.15) is 0 Å². The van der Waals surface area contributed by atoms with E-state index in [-0.39, 0.29) is 0 Å². The van der Waals surface area contributed by atoms with Crippen molar-refractivity contribution in [3.8, 4) is 0 Å². The van der Waals surface area contributed by atoms with E-state index in [0.29, 0.717) is 5.57 Å². The molecule has 0 amide bonds. The van der Waals surface area contributed by atoms with Crippen LogP contribution >= 0.6 is 0 Å². The summed E-state index contributed by atoms with van der Waals surface area (Å²) < 4.78 is 36.5. The van der Waals surface area contributed by atoms with Crippen molar-refractivity contribution in [1.82, 2.24) is 0 Å². The van der Waals surface area contributed by atoms with E-state index in [1.54, 1.807) is 19.1 Å². The van der Waals surface area contributed by atoms with Gasteiger partial charge < -0.3 is 0 Å². The first-order valence-corrected chi connectivity index (χ1v) is 3.60. The number of hydrogen-bond donors (Lipinski definition) is 0. The van der Waals surface area contributed by atoms with E-state index in [1.165, 1.54) is 12.2 Å². The molecule has 0 radical (unpaired) electrons. The van der Waals surface area contributed by atoms with Crippen molar-refractivity contribution < 1.29 is 13.2 Å². The summed E-state index contributed by atoms with van der Waals surface area (Å²) in [4.78, 5) is 0. The lowest BCUT2D eigenvalue weighted by Crippen LogP contribution is -2.18. The fraction of sp³-hybridized carbons (Fsp3) is 0.333. The molecule has 1 atom stereocenters. The highest BCUT2D eigenvalue weighted by Crippen LogP contribution is 2.30. The zero-order chi connectivity index (χ0) is 9.19. The summed E-state index contributed by atoms with van der Waals surface area (Å²) in [6.07, 6.45) is 2.88. The van der Waals surface area contributed by atoms with Crippen LogP contribution in [0.1, 0.15) is 6.92 Å². The zero-order valence-electron chi connectivity index (χ0n) is 6.60. The van der Waals surface area contributed by atoms with Gasteiger partial charge in [0.25, 0.3) is 0 Å². The summed E-state index contributed by atoms with van der Waals surface area (Å²) in [5.74, 6) is -1.44. The lowest BCUT2D eigenvalue weighted by molar-refractivity contribution is -0.148. The van der Waals surface area contributed by atoms with Gasteiger partial charge in [0.2, 0.25) is 0 Å². The van der Waals surface area contributed by atoms with Crippen molar-refractivity contribution in [3.05, 3.63) is 36.0 Å². The summed E-state index contributed by atoms with van der Waals surface area (Å²) in [5.41, 5.74) is 0.641. The first-order valence-electron chi connectivity index (χ1n) is 3.60. The number of hydrogen-bond acceptors (Lipinski definition) is 0. The molecule has 0 aliphatic heterocycles. The van der Waals surface area contributed by atoms with Gasteiger partial charge in [-0.15, -0.1) is 0 Å². The predicted molar refractivity (Wildman–Crippen MR) is 41.6 cm³/mol. The van der Waals surface area contributed by atoms with Gasteiger partial charge in [0, 0.05) is 0 Å². The van der Waals surface area contributed by atoms with Crippen LogP contribution in [0.3, 0.4) is 0 Å². The molecule has 0 N–H and O–H groups in total. The Bertz CT molecular complexity index is 243. The molecule has 0 heterocycles. The molecule has 1 rings (SSSR count). The fourth-order valence-electron chi connectivity index (χ4n) is 0.989. The molecule has 0 spiro atoms. The average Bonchev–Trinajstić information content (AvgIpc) is 2.11. The smallest absolute Gasteiger partial charge is 0.170 e. The van der Waals surface area contributed by atoms with Gasteiger partial charge in [-0.1, -0.05) is 36.0 Å². The van der Waals surface area contributed by atoms with Gasteiger partial charge >= 0.3 is 6.18 Å². The minimum Gasteiger partial charge on any atom is -0.170 e. The summed E-state index contributed by atoms with van der Waals surface area (Å²) in [6.45, 7) is 1.66. The molecule has 1 unspecified atom stereocenters. The quantitative estimate of drug-likeness (QED) is 0.528. The number of allylic oxidation sites excluding steroid dienone is 6. The zero-order valence-corrected chi connectivity index (χ0v) is 6.60. The molecule has 1 aliphatic carbocycles. The van der Waals surface area contributed by atoms with E-state index in [1.807, 2.05) is 0 Å². The van der Waals surface area contributed by atoms with Gasteiger partial charge in [-0.25, -0.2) is 0 Å². The largest absolute Gasteiger partial charge is 0.398 e. The molecule has 12 heavy (non-hydrogen) atoms. The van der Waals surface area contributed by atoms with Gasteiger partial charge in [-0.2, -0.15) is 13.2 Å². The Morgan fingerprint density at radius 1 is 1.25 bits per heavy atom. The Morgan fingerprint density at radius 2 is 1.92 bits per heavy atom. The molecule has 0 saturated heterocycles. The Kier molecular flexibility index (Phi) is 2.40. The normalized spacial score (nSPS) is 23.7. The van der Waals surface area contributed by atoms with E-state index < -0.39 is 12.1 Å². The van der Waals surface area contributed by atoms with Crippen molar-refractivity contribution in [2.24, 2.45) is 5.92 Å². The van der Waals surface area contributed by atoms with Crippen LogP contribution in [0.25, 0.3) is 0 Å². The third-order valence-electron chi connectivity index (χ3n) is 1.61. The van der Waals surface area contributed by atoms with E-state index in [2.05, 4.69) is 0 Å². The van der Waals surface area contributed by atoms with Crippen LogP contribution in [0.4, 0.5) is 13.2 Å². The van der Waals surface area contributed by atoms with Gasteiger partial charge in [-0.3, -0.25) is 0 Å². The van der Waals surface area contributed by atoms with Gasteiger partial charge in [-0.05, 0) is 6.92 Å². The summed E-state index contributed by atoms with van der Waals surface area (Å²) in [5, 5.41) is 0. The lowest BCUT2D eigenvalue weighted by atomic mass is 10.1. The number of alkyl halides is 3. The number of halogens is 3. The Hall–Kier alpha value is -0.990. The second-order valence-corrected chi connectivity index (χ2v) is 2.72. The van der Waals surface area contributed by atoms with Crippen LogP contribution in [0.5, 0.6) is 0 Å². The molecule has 0 fully saturated rings. The van der Waals surface area contributed by atoms with Gasteiger partial charge in [0.15, 0.2) is 0 Å². The highest BCUT2D eigenvalue weighted by atomic mass is 19.4. The second-order valence-electron chi connectivity index (χ2n) is 2.72. The molecule has 0 nitrogen and oxygen atoms in total. The minimum atomic E-state index is -4.16. The summed E-state index contributed by atoms with van der Waals surface area (Å²) in [6, 6.07) is 0. The van der Waals surface area contributed by atoms with E-state index in [9.17, 15) is 13.2 Å². The first-order chi connectivity index (χ1) is 5.50. The van der Waals surface area contributed by atoms with Crippen LogP contribution in [-0.2, 0) is 0 Å². The van der Waals surface area contributed by atoms with Crippen LogP contribution in [0.2, 0.25) is 0 Å². The molecular weight excluding hydrogens is 165 g/mol. The maximum Gasteiger partial charge on any atom is 0.398 e. The molecule has 0 saturated carbocycles. The molecule has 0 bridgehead atoms. The Labute approximate surface area is 69.1 Å². The molecule has 3 heteroatoms. The highest BCUT2D eigenvalue weighted by molar-refractivity contribution is 5.27. The van der Waals surface area contributed by atoms with Crippen molar-refractivity contribution in [3.63, 3.8) is 0 Å². The van der Waals surface area contributed by atoms with Crippen molar-refractivity contribution in [1.29, 1.82) is 0 Å². The maximum atomic E-state index is 12.2. The molecular formula is C9H9F3. The number of rotatable bonds is 0. The molecule has 0 aromatic carbocycles. The molecule has 66 valence electrons.